The summed E-state index contributed by atoms with van der Waals surface area (Å²) in [5, 5.41) is 9.15. The van der Waals surface area contributed by atoms with Crippen molar-refractivity contribution in [2.75, 3.05) is 7.05 Å². The Hall–Kier alpha value is -3.64. The maximum absolute atomic E-state index is 13.4. The molecule has 0 spiro atoms. The first-order chi connectivity index (χ1) is 16.0. The van der Waals surface area contributed by atoms with Gasteiger partial charge in [0.25, 0.3) is 0 Å². The molecule has 1 saturated carbocycles. The van der Waals surface area contributed by atoms with Crippen LogP contribution in [0.25, 0.3) is 0 Å². The zero-order valence-corrected chi connectivity index (χ0v) is 18.6. The summed E-state index contributed by atoms with van der Waals surface area (Å²) < 4.78 is 5.85. The molecule has 0 saturated heterocycles. The second-order valence-corrected chi connectivity index (χ2v) is 8.63. The van der Waals surface area contributed by atoms with Gasteiger partial charge in [0.1, 0.15) is 12.4 Å². The smallest absolute Gasteiger partial charge is 0.247 e. The minimum atomic E-state index is -0.858. The molecular formula is C27H28N2O4. The number of carbonyl (C=O) groups excluding carboxylic acids is 2. The van der Waals surface area contributed by atoms with Crippen molar-refractivity contribution < 1.29 is 19.5 Å². The standard InChI is InChI=1S/C27H28N2O4/c1-29(18-21-8-4-2-5-9-21)26(31)27(17-24(27)25(30)28-32)16-20-12-14-23(15-13-20)33-19-22-10-6-3-7-11-22/h2-15,24,32H,16-19H2,1H3,(H,28,30)/t24?,27-/m0/s1. The first-order valence-electron chi connectivity index (χ1n) is 11.0. The molecule has 2 amide bonds. The topological polar surface area (TPSA) is 78.9 Å². The lowest BCUT2D eigenvalue weighted by Gasteiger charge is -2.25. The lowest BCUT2D eigenvalue weighted by molar-refractivity contribution is -0.140. The average molecular weight is 445 g/mol. The van der Waals surface area contributed by atoms with Crippen molar-refractivity contribution in [2.24, 2.45) is 11.3 Å². The minimum absolute atomic E-state index is 0.0932. The van der Waals surface area contributed by atoms with Crippen LogP contribution in [0, 0.1) is 11.3 Å². The molecule has 1 unspecified atom stereocenters. The van der Waals surface area contributed by atoms with Gasteiger partial charge in [0.15, 0.2) is 0 Å². The van der Waals surface area contributed by atoms with Crippen LogP contribution in [0.1, 0.15) is 23.1 Å². The molecule has 33 heavy (non-hydrogen) atoms. The van der Waals surface area contributed by atoms with Gasteiger partial charge in [-0.05, 0) is 41.7 Å². The fourth-order valence-electron chi connectivity index (χ4n) is 4.35. The lowest BCUT2D eigenvalue weighted by Crippen LogP contribution is -2.38. The Morgan fingerprint density at radius 2 is 1.55 bits per heavy atom. The van der Waals surface area contributed by atoms with Crippen molar-refractivity contribution in [3.63, 3.8) is 0 Å². The number of hydroxylamine groups is 1. The second-order valence-electron chi connectivity index (χ2n) is 8.63. The summed E-state index contributed by atoms with van der Waals surface area (Å²) in [4.78, 5) is 27.3. The van der Waals surface area contributed by atoms with Crippen LogP contribution in [-0.4, -0.2) is 29.0 Å². The first kappa shape index (κ1) is 22.6. The van der Waals surface area contributed by atoms with Crippen LogP contribution >= 0.6 is 0 Å². The molecule has 2 atom stereocenters. The summed E-state index contributed by atoms with van der Waals surface area (Å²) in [5.41, 5.74) is 3.91. The maximum Gasteiger partial charge on any atom is 0.247 e. The number of nitrogens with zero attached hydrogens (tertiary/aromatic N) is 1. The molecule has 0 aromatic heterocycles. The molecule has 0 bridgehead atoms. The second kappa shape index (κ2) is 9.88. The van der Waals surface area contributed by atoms with Crippen LogP contribution in [0.15, 0.2) is 84.9 Å². The largest absolute Gasteiger partial charge is 0.489 e. The predicted molar refractivity (Wildman–Crippen MR) is 124 cm³/mol. The van der Waals surface area contributed by atoms with Crippen molar-refractivity contribution in [2.45, 2.75) is 26.0 Å². The monoisotopic (exact) mass is 444 g/mol. The number of nitrogens with one attached hydrogen (secondary N) is 1. The molecule has 2 N–H and O–H groups in total. The van der Waals surface area contributed by atoms with Gasteiger partial charge in [0.05, 0.1) is 11.3 Å². The highest BCUT2D eigenvalue weighted by atomic mass is 16.5. The number of amides is 2. The van der Waals surface area contributed by atoms with E-state index in [1.165, 1.54) is 0 Å². The Morgan fingerprint density at radius 1 is 0.939 bits per heavy atom. The third-order valence-electron chi connectivity index (χ3n) is 6.23. The molecule has 3 aromatic carbocycles. The van der Waals surface area contributed by atoms with Gasteiger partial charge >= 0.3 is 0 Å². The SMILES string of the molecule is CN(Cc1ccccc1)C(=O)[C@@]1(Cc2ccc(OCc3ccccc3)cc2)CC1C(=O)NO. The Balaban J connectivity index is 1.45. The fraction of sp³-hybridized carbons (Fsp3) is 0.259. The number of carbonyl (C=O) groups is 2. The van der Waals surface area contributed by atoms with Crippen LogP contribution < -0.4 is 10.2 Å². The van der Waals surface area contributed by atoms with Crippen LogP contribution in [-0.2, 0) is 29.2 Å². The van der Waals surface area contributed by atoms with Gasteiger partial charge in [0.2, 0.25) is 11.8 Å². The molecule has 170 valence electrons. The van der Waals surface area contributed by atoms with Crippen molar-refractivity contribution >= 4 is 11.8 Å². The zero-order chi connectivity index (χ0) is 23.3. The van der Waals surface area contributed by atoms with E-state index in [4.69, 9.17) is 9.94 Å². The number of hydrogen-bond donors (Lipinski definition) is 2. The number of benzene rings is 3. The summed E-state index contributed by atoms with van der Waals surface area (Å²) in [6.07, 6.45) is 0.825. The molecule has 1 aliphatic rings. The van der Waals surface area contributed by atoms with Crippen LogP contribution in [0.3, 0.4) is 0 Å². The van der Waals surface area contributed by atoms with Gasteiger partial charge in [0, 0.05) is 13.6 Å². The molecule has 1 fully saturated rings. The van der Waals surface area contributed by atoms with Crippen molar-refractivity contribution in [3.8, 4) is 5.75 Å². The van der Waals surface area contributed by atoms with Crippen LogP contribution in [0.4, 0.5) is 0 Å². The molecule has 3 aromatic rings. The van der Waals surface area contributed by atoms with E-state index in [1.54, 1.807) is 17.4 Å². The number of ether oxygens (including phenoxy) is 1. The van der Waals surface area contributed by atoms with E-state index in [0.29, 0.717) is 26.0 Å². The third kappa shape index (κ3) is 5.23. The van der Waals surface area contributed by atoms with Crippen molar-refractivity contribution in [1.82, 2.24) is 10.4 Å². The van der Waals surface area contributed by atoms with Gasteiger partial charge in [-0.15, -0.1) is 0 Å². The lowest BCUT2D eigenvalue weighted by atomic mass is 9.91. The van der Waals surface area contributed by atoms with Crippen LogP contribution in [0.5, 0.6) is 5.75 Å². The molecule has 6 heteroatoms. The van der Waals surface area contributed by atoms with E-state index >= 15 is 0 Å². The number of rotatable bonds is 9. The quantitative estimate of drug-likeness (QED) is 0.387. The average Bonchev–Trinajstić information content (AvgIpc) is 3.59. The molecule has 0 aliphatic heterocycles. The Morgan fingerprint density at radius 3 is 2.15 bits per heavy atom. The summed E-state index contributed by atoms with van der Waals surface area (Å²) in [6, 6.07) is 27.3. The molecule has 1 aliphatic carbocycles. The molecule has 6 nitrogen and oxygen atoms in total. The van der Waals surface area contributed by atoms with Gasteiger partial charge in [-0.1, -0.05) is 72.8 Å². The first-order valence-corrected chi connectivity index (χ1v) is 11.0. The molecule has 4 rings (SSSR count). The zero-order valence-electron chi connectivity index (χ0n) is 18.6. The van der Waals surface area contributed by atoms with Crippen molar-refractivity contribution in [3.05, 3.63) is 102 Å². The van der Waals surface area contributed by atoms with Gasteiger partial charge in [-0.3, -0.25) is 14.8 Å². The summed E-state index contributed by atoms with van der Waals surface area (Å²) >= 11 is 0. The third-order valence-corrected chi connectivity index (χ3v) is 6.23. The van der Waals surface area contributed by atoms with Gasteiger partial charge in [-0.25, -0.2) is 5.48 Å². The molecule has 0 radical (unpaired) electrons. The number of hydrogen-bond acceptors (Lipinski definition) is 4. The maximum atomic E-state index is 13.4. The normalized spacial score (nSPS) is 18.9. The summed E-state index contributed by atoms with van der Waals surface area (Å²) in [6.45, 7) is 0.937. The predicted octanol–water partition coefficient (Wildman–Crippen LogP) is 3.98. The summed E-state index contributed by atoms with van der Waals surface area (Å²) in [7, 11) is 1.75. The van der Waals surface area contributed by atoms with E-state index in [-0.39, 0.29) is 5.91 Å². The fourth-order valence-corrected chi connectivity index (χ4v) is 4.35. The van der Waals surface area contributed by atoms with Gasteiger partial charge in [-0.2, -0.15) is 0 Å². The van der Waals surface area contributed by atoms with E-state index < -0.39 is 17.2 Å². The van der Waals surface area contributed by atoms with Gasteiger partial charge < -0.3 is 9.64 Å². The highest BCUT2D eigenvalue weighted by Crippen LogP contribution is 2.56. The van der Waals surface area contributed by atoms with Crippen LogP contribution in [0.2, 0.25) is 0 Å². The van der Waals surface area contributed by atoms with Crippen molar-refractivity contribution in [1.29, 1.82) is 0 Å². The highest BCUT2D eigenvalue weighted by Gasteiger charge is 2.63. The Bertz CT molecular complexity index is 1090. The van der Waals surface area contributed by atoms with E-state index in [1.807, 2.05) is 84.9 Å². The van der Waals surface area contributed by atoms with E-state index in [2.05, 4.69) is 0 Å². The summed E-state index contributed by atoms with van der Waals surface area (Å²) in [5.74, 6) is -0.421. The minimum Gasteiger partial charge on any atom is -0.489 e. The van der Waals surface area contributed by atoms with E-state index in [9.17, 15) is 9.59 Å². The molecular weight excluding hydrogens is 416 g/mol. The Labute approximate surface area is 193 Å². The highest BCUT2D eigenvalue weighted by molar-refractivity contribution is 5.95. The van der Waals surface area contributed by atoms with E-state index in [0.717, 1.165) is 22.4 Å². The Kier molecular flexibility index (Phi) is 6.75. The molecule has 0 heterocycles.